The molecular formula is C16H24N2S. The number of nitrogens with zero attached hydrogens (tertiary/aromatic N) is 1. The number of hydrogen-bond acceptors (Lipinski definition) is 2. The van der Waals surface area contributed by atoms with Crippen LogP contribution in [0.3, 0.4) is 0 Å². The molecule has 1 saturated carbocycles. The van der Waals surface area contributed by atoms with E-state index in [9.17, 15) is 0 Å². The van der Waals surface area contributed by atoms with E-state index in [1.54, 1.807) is 0 Å². The summed E-state index contributed by atoms with van der Waals surface area (Å²) in [6, 6.07) is 9.26. The summed E-state index contributed by atoms with van der Waals surface area (Å²) >= 11 is 5.04. The van der Waals surface area contributed by atoms with Gasteiger partial charge in [-0.05, 0) is 31.0 Å². The number of benzene rings is 1. The van der Waals surface area contributed by atoms with Crippen molar-refractivity contribution in [2.24, 2.45) is 5.73 Å². The van der Waals surface area contributed by atoms with Gasteiger partial charge in [0.25, 0.3) is 0 Å². The minimum atomic E-state index is 0.577. The normalized spacial score (nSPS) is 16.7. The number of thiocarbonyl (C=S) groups is 1. The molecule has 0 atom stereocenters. The molecule has 2 rings (SSSR count). The van der Waals surface area contributed by atoms with Crippen molar-refractivity contribution in [2.75, 3.05) is 7.05 Å². The zero-order valence-electron chi connectivity index (χ0n) is 11.8. The largest absolute Gasteiger partial charge is 0.393 e. The first kappa shape index (κ1) is 14.5. The summed E-state index contributed by atoms with van der Waals surface area (Å²) in [5.41, 5.74) is 8.32. The van der Waals surface area contributed by atoms with Gasteiger partial charge in [0.05, 0.1) is 4.99 Å². The van der Waals surface area contributed by atoms with Crippen molar-refractivity contribution >= 4 is 17.2 Å². The van der Waals surface area contributed by atoms with Gasteiger partial charge in [-0.15, -0.1) is 0 Å². The van der Waals surface area contributed by atoms with Gasteiger partial charge in [-0.1, -0.05) is 55.7 Å². The van der Waals surface area contributed by atoms with Crippen LogP contribution < -0.4 is 5.73 Å². The van der Waals surface area contributed by atoms with Gasteiger partial charge >= 0.3 is 0 Å². The van der Waals surface area contributed by atoms with Crippen LogP contribution in [0.15, 0.2) is 24.3 Å². The Morgan fingerprint density at radius 2 is 1.84 bits per heavy atom. The molecule has 0 saturated heterocycles. The summed E-state index contributed by atoms with van der Waals surface area (Å²) in [7, 11) is 2.24. The molecule has 1 aromatic rings. The van der Waals surface area contributed by atoms with E-state index in [-0.39, 0.29) is 0 Å². The molecule has 0 unspecified atom stereocenters. The quantitative estimate of drug-likeness (QED) is 0.837. The molecule has 0 amide bonds. The van der Waals surface area contributed by atoms with Gasteiger partial charge in [-0.2, -0.15) is 0 Å². The molecule has 2 N–H and O–H groups in total. The fraction of sp³-hybridized carbons (Fsp3) is 0.562. The van der Waals surface area contributed by atoms with Crippen LogP contribution in [-0.2, 0) is 13.0 Å². The summed E-state index contributed by atoms with van der Waals surface area (Å²) in [5, 5.41) is 0. The van der Waals surface area contributed by atoms with Crippen LogP contribution in [0.1, 0.15) is 43.2 Å². The van der Waals surface area contributed by atoms with E-state index < -0.39 is 0 Å². The Morgan fingerprint density at radius 1 is 1.21 bits per heavy atom. The highest BCUT2D eigenvalue weighted by molar-refractivity contribution is 7.80. The van der Waals surface area contributed by atoms with Crippen LogP contribution in [0, 0.1) is 0 Å². The molecule has 1 aliphatic rings. The van der Waals surface area contributed by atoms with Crippen molar-refractivity contribution in [1.82, 2.24) is 4.90 Å². The fourth-order valence-corrected chi connectivity index (χ4v) is 3.15. The minimum absolute atomic E-state index is 0.577. The van der Waals surface area contributed by atoms with Gasteiger partial charge in [0.15, 0.2) is 0 Å². The van der Waals surface area contributed by atoms with E-state index in [0.717, 1.165) is 12.6 Å². The van der Waals surface area contributed by atoms with Gasteiger partial charge in [0, 0.05) is 19.0 Å². The molecule has 2 nitrogen and oxygen atoms in total. The maximum absolute atomic E-state index is 5.68. The Hall–Kier alpha value is -0.930. The second-order valence-electron chi connectivity index (χ2n) is 5.62. The smallest absolute Gasteiger partial charge is 0.0771 e. The second kappa shape index (κ2) is 7.01. The third-order valence-electron chi connectivity index (χ3n) is 4.10. The van der Waals surface area contributed by atoms with Crippen LogP contribution in [0.2, 0.25) is 0 Å². The number of nitrogens with two attached hydrogens (primary N) is 1. The lowest BCUT2D eigenvalue weighted by Crippen LogP contribution is -2.33. The summed E-state index contributed by atoms with van der Waals surface area (Å²) in [6.45, 7) is 1.00. The first-order valence-electron chi connectivity index (χ1n) is 7.22. The molecule has 0 radical (unpaired) electrons. The lowest BCUT2D eigenvalue weighted by atomic mass is 9.94. The predicted octanol–water partition coefficient (Wildman–Crippen LogP) is 3.28. The van der Waals surface area contributed by atoms with Gasteiger partial charge in [0.1, 0.15) is 0 Å². The van der Waals surface area contributed by atoms with Crippen molar-refractivity contribution in [3.05, 3.63) is 35.4 Å². The van der Waals surface area contributed by atoms with E-state index in [0.29, 0.717) is 11.4 Å². The fourth-order valence-electron chi connectivity index (χ4n) is 2.99. The third-order valence-corrected chi connectivity index (χ3v) is 4.25. The Kier molecular flexibility index (Phi) is 5.34. The lowest BCUT2D eigenvalue weighted by Gasteiger charge is -2.31. The van der Waals surface area contributed by atoms with Crippen LogP contribution in [0.25, 0.3) is 0 Å². The monoisotopic (exact) mass is 276 g/mol. The van der Waals surface area contributed by atoms with Gasteiger partial charge < -0.3 is 5.73 Å². The standard InChI is InChI=1S/C16H24N2S/c1-18(15-9-3-2-4-10-15)12-14-8-6-5-7-13(14)11-16(17)19/h5-8,15H,2-4,9-12H2,1H3,(H2,17,19). The van der Waals surface area contributed by atoms with Crippen LogP contribution in [0.5, 0.6) is 0 Å². The summed E-state index contributed by atoms with van der Waals surface area (Å²) in [5.74, 6) is 0. The van der Waals surface area contributed by atoms with E-state index in [2.05, 4.69) is 36.2 Å². The summed E-state index contributed by atoms with van der Waals surface area (Å²) in [6.07, 6.45) is 7.56. The third kappa shape index (κ3) is 4.29. The molecule has 3 heteroatoms. The molecule has 0 aromatic heterocycles. The van der Waals surface area contributed by atoms with Crippen molar-refractivity contribution in [3.63, 3.8) is 0 Å². The van der Waals surface area contributed by atoms with E-state index in [4.69, 9.17) is 18.0 Å². The summed E-state index contributed by atoms with van der Waals surface area (Å²) < 4.78 is 0. The maximum atomic E-state index is 5.68. The van der Waals surface area contributed by atoms with Crippen molar-refractivity contribution in [3.8, 4) is 0 Å². The average Bonchev–Trinajstić information content (AvgIpc) is 2.41. The Morgan fingerprint density at radius 3 is 2.47 bits per heavy atom. The van der Waals surface area contributed by atoms with Gasteiger partial charge in [0.2, 0.25) is 0 Å². The minimum Gasteiger partial charge on any atom is -0.393 e. The van der Waals surface area contributed by atoms with E-state index in [1.807, 2.05) is 0 Å². The molecule has 1 aliphatic carbocycles. The molecular weight excluding hydrogens is 252 g/mol. The molecule has 0 heterocycles. The molecule has 0 bridgehead atoms. The number of hydrogen-bond donors (Lipinski definition) is 1. The van der Waals surface area contributed by atoms with Crippen molar-refractivity contribution in [2.45, 2.75) is 51.1 Å². The van der Waals surface area contributed by atoms with Crippen molar-refractivity contribution in [1.29, 1.82) is 0 Å². The molecule has 0 spiro atoms. The van der Waals surface area contributed by atoms with Crippen molar-refractivity contribution < 1.29 is 0 Å². The Labute approximate surface area is 122 Å². The second-order valence-corrected chi connectivity index (χ2v) is 6.14. The molecule has 1 aromatic carbocycles. The highest BCUT2D eigenvalue weighted by atomic mass is 32.1. The van der Waals surface area contributed by atoms with Crippen LogP contribution in [0.4, 0.5) is 0 Å². The maximum Gasteiger partial charge on any atom is 0.0771 e. The Bertz CT molecular complexity index is 425. The first-order chi connectivity index (χ1) is 9.16. The Balaban J connectivity index is 2.02. The predicted molar refractivity (Wildman–Crippen MR) is 85.3 cm³/mol. The molecule has 1 fully saturated rings. The SMILES string of the molecule is CN(Cc1ccccc1CC(N)=S)C1CCCCC1. The van der Waals surface area contributed by atoms with Gasteiger partial charge in [-0.3, -0.25) is 4.90 Å². The summed E-state index contributed by atoms with van der Waals surface area (Å²) in [4.78, 5) is 3.07. The highest BCUT2D eigenvalue weighted by Crippen LogP contribution is 2.23. The zero-order valence-corrected chi connectivity index (χ0v) is 12.6. The molecule has 0 aliphatic heterocycles. The van der Waals surface area contributed by atoms with E-state index >= 15 is 0 Å². The van der Waals surface area contributed by atoms with Gasteiger partial charge in [-0.25, -0.2) is 0 Å². The number of rotatable bonds is 5. The van der Waals surface area contributed by atoms with Crippen LogP contribution >= 0.6 is 12.2 Å². The highest BCUT2D eigenvalue weighted by Gasteiger charge is 2.18. The average molecular weight is 276 g/mol. The molecule has 19 heavy (non-hydrogen) atoms. The van der Waals surface area contributed by atoms with E-state index in [1.165, 1.54) is 43.2 Å². The van der Waals surface area contributed by atoms with Crippen LogP contribution in [-0.4, -0.2) is 23.0 Å². The topological polar surface area (TPSA) is 29.3 Å². The first-order valence-corrected chi connectivity index (χ1v) is 7.63. The zero-order chi connectivity index (χ0) is 13.7. The lowest BCUT2D eigenvalue weighted by molar-refractivity contribution is 0.184. The molecule has 104 valence electrons.